The molecular formula is C25H28N6O5. The number of carbonyl (C=O) groups is 3. The van der Waals surface area contributed by atoms with E-state index in [9.17, 15) is 19.2 Å². The Morgan fingerprint density at radius 3 is 2.47 bits per heavy atom. The number of piperidine rings is 1. The topological polar surface area (TPSA) is 129 Å². The minimum Gasteiger partial charge on any atom is -0.497 e. The molecule has 2 aliphatic rings. The van der Waals surface area contributed by atoms with Gasteiger partial charge in [-0.15, -0.1) is 0 Å². The van der Waals surface area contributed by atoms with Gasteiger partial charge in [-0.1, -0.05) is 24.3 Å². The molecule has 2 saturated heterocycles. The number of imidazole rings is 1. The Bertz CT molecular complexity index is 1370. The number of ether oxygens (including phenoxy) is 1. The van der Waals surface area contributed by atoms with Crippen LogP contribution in [0.5, 0.6) is 5.75 Å². The van der Waals surface area contributed by atoms with Crippen LogP contribution in [-0.4, -0.2) is 64.0 Å². The molecule has 2 fully saturated rings. The number of nitrogens with one attached hydrogen (secondary N) is 3. The molecule has 0 saturated carbocycles. The van der Waals surface area contributed by atoms with Crippen molar-refractivity contribution in [3.8, 4) is 5.75 Å². The van der Waals surface area contributed by atoms with Crippen LogP contribution >= 0.6 is 0 Å². The number of hydrogen-bond donors (Lipinski definition) is 3. The van der Waals surface area contributed by atoms with Gasteiger partial charge in [0.1, 0.15) is 11.3 Å². The zero-order valence-corrected chi connectivity index (χ0v) is 20.1. The predicted octanol–water partition coefficient (Wildman–Crippen LogP) is 1.47. The van der Waals surface area contributed by atoms with E-state index in [1.807, 2.05) is 29.2 Å². The van der Waals surface area contributed by atoms with E-state index in [0.29, 0.717) is 37.2 Å². The van der Waals surface area contributed by atoms with Gasteiger partial charge in [-0.3, -0.25) is 24.5 Å². The Balaban J connectivity index is 1.19. The highest BCUT2D eigenvalue weighted by Crippen LogP contribution is 2.29. The van der Waals surface area contributed by atoms with Crippen LogP contribution in [0.2, 0.25) is 0 Å². The molecule has 0 bridgehead atoms. The van der Waals surface area contributed by atoms with Gasteiger partial charge < -0.3 is 15.0 Å². The molecule has 5 rings (SSSR count). The molecule has 4 amide bonds. The molecule has 3 N–H and O–H groups in total. The first kappa shape index (κ1) is 23.6. The van der Waals surface area contributed by atoms with Gasteiger partial charge in [-0.2, -0.15) is 5.01 Å². The molecular weight excluding hydrogens is 464 g/mol. The summed E-state index contributed by atoms with van der Waals surface area (Å²) in [4.78, 5) is 55.7. The summed E-state index contributed by atoms with van der Waals surface area (Å²) in [6.45, 7) is 2.84. The monoisotopic (exact) mass is 492 g/mol. The molecule has 3 aromatic rings. The molecule has 1 atom stereocenters. The van der Waals surface area contributed by atoms with Gasteiger partial charge in [-0.25, -0.2) is 9.59 Å². The van der Waals surface area contributed by atoms with E-state index in [0.717, 1.165) is 16.0 Å². The van der Waals surface area contributed by atoms with Crippen LogP contribution in [0.15, 0.2) is 53.3 Å². The van der Waals surface area contributed by atoms with Crippen molar-refractivity contribution in [2.24, 2.45) is 0 Å². The molecule has 1 aromatic heterocycles. The summed E-state index contributed by atoms with van der Waals surface area (Å²) in [6, 6.07) is 13.7. The van der Waals surface area contributed by atoms with Gasteiger partial charge in [0.05, 0.1) is 24.7 Å². The maximum atomic E-state index is 13.1. The molecule has 0 spiro atoms. The number of imide groups is 1. The average Bonchev–Trinajstić information content (AvgIpc) is 3.33. The van der Waals surface area contributed by atoms with E-state index in [2.05, 4.69) is 15.7 Å². The zero-order valence-electron chi connectivity index (χ0n) is 20.1. The smallest absolute Gasteiger partial charge is 0.344 e. The zero-order chi connectivity index (χ0) is 25.4. The standard InChI is InChI=1S/C25H28N6O5/c1-25(16-7-9-18(36-2)10-8-16)22(33)31(24(35)27-25)28-21(32)15-29-13-11-17(12-14-29)30-20-6-4-3-5-19(20)26-23(30)34/h3-10,17H,11-15H2,1-2H3,(H,26,34)(H,27,35)(H,28,32). The molecule has 11 nitrogen and oxygen atoms in total. The van der Waals surface area contributed by atoms with E-state index >= 15 is 0 Å². The highest BCUT2D eigenvalue weighted by Gasteiger charge is 2.50. The number of carbonyl (C=O) groups excluding carboxylic acids is 3. The molecule has 2 aliphatic heterocycles. The number of H-pyrrole nitrogens is 1. The normalized spacial score (nSPS) is 21.1. The fourth-order valence-electron chi connectivity index (χ4n) is 5.00. The van der Waals surface area contributed by atoms with Gasteiger partial charge >= 0.3 is 11.7 Å². The second kappa shape index (κ2) is 9.15. The van der Waals surface area contributed by atoms with Crippen molar-refractivity contribution in [3.05, 3.63) is 64.6 Å². The van der Waals surface area contributed by atoms with E-state index in [-0.39, 0.29) is 18.3 Å². The van der Waals surface area contributed by atoms with Crippen LogP contribution in [0.4, 0.5) is 4.79 Å². The molecule has 1 unspecified atom stereocenters. The van der Waals surface area contributed by atoms with Crippen molar-refractivity contribution in [1.29, 1.82) is 0 Å². The Morgan fingerprint density at radius 1 is 1.08 bits per heavy atom. The Labute approximate surface area is 207 Å². The van der Waals surface area contributed by atoms with E-state index in [4.69, 9.17) is 4.74 Å². The first-order chi connectivity index (χ1) is 17.3. The third-order valence-corrected chi connectivity index (χ3v) is 7.01. The SMILES string of the molecule is COc1ccc(C2(C)NC(=O)N(NC(=O)CN3CCC(n4c(=O)[nH]c5ccccc54)CC3)C2=O)cc1. The summed E-state index contributed by atoms with van der Waals surface area (Å²) >= 11 is 0. The Hall–Kier alpha value is -4.12. The number of urea groups is 1. The van der Waals surface area contributed by atoms with Crippen molar-refractivity contribution in [2.45, 2.75) is 31.3 Å². The maximum Gasteiger partial charge on any atom is 0.344 e. The van der Waals surface area contributed by atoms with Crippen molar-refractivity contribution in [3.63, 3.8) is 0 Å². The van der Waals surface area contributed by atoms with Crippen LogP contribution in [0.1, 0.15) is 31.4 Å². The van der Waals surface area contributed by atoms with E-state index in [1.165, 1.54) is 0 Å². The van der Waals surface area contributed by atoms with Crippen molar-refractivity contribution < 1.29 is 19.1 Å². The quantitative estimate of drug-likeness (QED) is 0.447. The molecule has 188 valence electrons. The van der Waals surface area contributed by atoms with E-state index in [1.54, 1.807) is 42.9 Å². The number of nitrogens with zero attached hydrogens (tertiary/aromatic N) is 3. The van der Waals surface area contributed by atoms with Crippen LogP contribution < -0.4 is 21.2 Å². The number of likely N-dealkylation sites (tertiary alicyclic amines) is 1. The summed E-state index contributed by atoms with van der Waals surface area (Å²) < 4.78 is 6.94. The van der Waals surface area contributed by atoms with E-state index < -0.39 is 23.4 Å². The number of aromatic nitrogens is 2. The lowest BCUT2D eigenvalue weighted by Crippen LogP contribution is -2.51. The van der Waals surface area contributed by atoms with Gasteiger partial charge in [0, 0.05) is 19.1 Å². The minimum atomic E-state index is -1.30. The molecule has 36 heavy (non-hydrogen) atoms. The summed E-state index contributed by atoms with van der Waals surface area (Å²) in [5.74, 6) is -0.397. The van der Waals surface area contributed by atoms with Gasteiger partial charge in [-0.05, 0) is 49.6 Å². The van der Waals surface area contributed by atoms with Crippen molar-refractivity contribution in [1.82, 2.24) is 30.2 Å². The lowest BCUT2D eigenvalue weighted by molar-refractivity contribution is -0.139. The summed E-state index contributed by atoms with van der Waals surface area (Å²) in [5, 5.41) is 3.41. The second-order valence-electron chi connectivity index (χ2n) is 9.28. The van der Waals surface area contributed by atoms with Crippen molar-refractivity contribution in [2.75, 3.05) is 26.7 Å². The van der Waals surface area contributed by atoms with Crippen LogP contribution in [-0.2, 0) is 15.1 Å². The lowest BCUT2D eigenvalue weighted by atomic mass is 9.92. The lowest BCUT2D eigenvalue weighted by Gasteiger charge is -2.32. The summed E-state index contributed by atoms with van der Waals surface area (Å²) in [7, 11) is 1.54. The fourth-order valence-corrected chi connectivity index (χ4v) is 5.00. The highest BCUT2D eigenvalue weighted by atomic mass is 16.5. The first-order valence-corrected chi connectivity index (χ1v) is 11.8. The Morgan fingerprint density at radius 2 is 1.78 bits per heavy atom. The second-order valence-corrected chi connectivity index (χ2v) is 9.28. The third kappa shape index (κ3) is 4.11. The predicted molar refractivity (Wildman–Crippen MR) is 131 cm³/mol. The van der Waals surface area contributed by atoms with Crippen LogP contribution in [0.25, 0.3) is 11.0 Å². The molecule has 0 radical (unpaired) electrons. The van der Waals surface area contributed by atoms with Crippen molar-refractivity contribution >= 4 is 28.9 Å². The number of hydrogen-bond acceptors (Lipinski definition) is 6. The summed E-state index contributed by atoms with van der Waals surface area (Å²) in [5.41, 5.74) is 3.27. The number of methoxy groups -OCH3 is 1. The average molecular weight is 493 g/mol. The number of amides is 4. The number of rotatable bonds is 6. The fraction of sp³-hybridized carbons (Fsp3) is 0.360. The van der Waals surface area contributed by atoms with Crippen LogP contribution in [0, 0.1) is 0 Å². The molecule has 0 aliphatic carbocycles. The number of fused-ring (bicyclic) bond motifs is 1. The third-order valence-electron chi connectivity index (χ3n) is 7.01. The minimum absolute atomic E-state index is 0.0316. The van der Waals surface area contributed by atoms with Gasteiger partial charge in [0.2, 0.25) is 0 Å². The molecule has 3 heterocycles. The highest BCUT2D eigenvalue weighted by molar-refractivity contribution is 6.08. The number of benzene rings is 2. The van der Waals surface area contributed by atoms with Crippen LogP contribution in [0.3, 0.4) is 0 Å². The maximum absolute atomic E-state index is 13.1. The van der Waals surface area contributed by atoms with Gasteiger partial charge in [0.25, 0.3) is 11.8 Å². The molecule has 2 aromatic carbocycles. The Kier molecular flexibility index (Phi) is 6.00. The first-order valence-electron chi connectivity index (χ1n) is 11.8. The number of aromatic amines is 1. The largest absolute Gasteiger partial charge is 0.497 e. The number of para-hydroxylation sites is 2. The molecule has 11 heteroatoms. The number of hydrazine groups is 1. The summed E-state index contributed by atoms with van der Waals surface area (Å²) in [6.07, 6.45) is 1.40. The van der Waals surface area contributed by atoms with Gasteiger partial charge in [0.15, 0.2) is 0 Å².